The summed E-state index contributed by atoms with van der Waals surface area (Å²) in [5.74, 6) is 1.83. The van der Waals surface area contributed by atoms with Gasteiger partial charge in [-0.2, -0.15) is 9.97 Å². The van der Waals surface area contributed by atoms with Gasteiger partial charge in [0.25, 0.3) is 0 Å². The zero-order valence-corrected chi connectivity index (χ0v) is 11.7. The first-order valence-electron chi connectivity index (χ1n) is 5.62. The van der Waals surface area contributed by atoms with Crippen LogP contribution in [-0.2, 0) is 0 Å². The molecule has 0 atom stereocenters. The minimum absolute atomic E-state index is 0.0751. The highest BCUT2D eigenvalue weighted by Crippen LogP contribution is 2.37. The van der Waals surface area contributed by atoms with Gasteiger partial charge in [0.05, 0.1) is 24.9 Å². The Morgan fingerprint density at radius 1 is 1.05 bits per heavy atom. The van der Waals surface area contributed by atoms with E-state index in [0.29, 0.717) is 28.0 Å². The van der Waals surface area contributed by atoms with Crippen molar-refractivity contribution in [1.82, 2.24) is 9.97 Å². The molecule has 0 bridgehead atoms. The van der Waals surface area contributed by atoms with E-state index in [1.165, 1.54) is 14.2 Å². The van der Waals surface area contributed by atoms with Gasteiger partial charge < -0.3 is 26.3 Å². The van der Waals surface area contributed by atoms with E-state index in [0.717, 1.165) is 0 Å². The Morgan fingerprint density at radius 3 is 2.35 bits per heavy atom. The van der Waals surface area contributed by atoms with E-state index in [4.69, 9.17) is 32.5 Å². The van der Waals surface area contributed by atoms with Crippen LogP contribution < -0.4 is 26.3 Å². The third kappa shape index (κ3) is 2.94. The van der Waals surface area contributed by atoms with Crippen molar-refractivity contribution in [2.75, 3.05) is 31.0 Å². The van der Waals surface area contributed by atoms with E-state index in [2.05, 4.69) is 15.3 Å². The number of benzene rings is 1. The van der Waals surface area contributed by atoms with E-state index < -0.39 is 0 Å². The molecule has 0 saturated carbocycles. The third-order valence-corrected chi connectivity index (χ3v) is 2.80. The number of anilines is 4. The number of rotatable bonds is 4. The zero-order valence-electron chi connectivity index (χ0n) is 11.0. The van der Waals surface area contributed by atoms with Crippen molar-refractivity contribution < 1.29 is 9.47 Å². The normalized spacial score (nSPS) is 10.2. The summed E-state index contributed by atoms with van der Waals surface area (Å²) in [6.45, 7) is 0. The predicted octanol–water partition coefficient (Wildman–Crippen LogP) is 2.06. The highest BCUT2D eigenvalue weighted by Gasteiger charge is 2.11. The molecule has 2 rings (SSSR count). The van der Waals surface area contributed by atoms with Gasteiger partial charge in [-0.1, -0.05) is 11.6 Å². The number of nitrogen functional groups attached to an aromatic ring is 2. The first-order valence-corrected chi connectivity index (χ1v) is 6.00. The Morgan fingerprint density at radius 2 is 1.75 bits per heavy atom. The molecule has 0 aliphatic rings. The molecule has 0 aliphatic carbocycles. The van der Waals surface area contributed by atoms with Crippen molar-refractivity contribution in [1.29, 1.82) is 0 Å². The van der Waals surface area contributed by atoms with E-state index in [9.17, 15) is 0 Å². The maximum absolute atomic E-state index is 6.08. The van der Waals surface area contributed by atoms with Crippen LogP contribution in [0.3, 0.4) is 0 Å². The molecule has 1 aromatic heterocycles. The van der Waals surface area contributed by atoms with Crippen molar-refractivity contribution >= 4 is 34.9 Å². The first kappa shape index (κ1) is 14.0. The maximum Gasteiger partial charge on any atom is 0.223 e. The van der Waals surface area contributed by atoms with Crippen molar-refractivity contribution in [2.24, 2.45) is 0 Å². The SMILES string of the molecule is COc1cc(OC)c(Nc2cc(N)nc(N)n2)cc1Cl. The number of methoxy groups -OCH3 is 2. The molecule has 0 spiro atoms. The van der Waals surface area contributed by atoms with Gasteiger partial charge in [-0.15, -0.1) is 0 Å². The van der Waals surface area contributed by atoms with Crippen molar-refractivity contribution in [3.05, 3.63) is 23.2 Å². The molecule has 7 nitrogen and oxygen atoms in total. The van der Waals surface area contributed by atoms with Crippen molar-refractivity contribution in [2.45, 2.75) is 0 Å². The van der Waals surface area contributed by atoms with Crippen LogP contribution in [0.1, 0.15) is 0 Å². The van der Waals surface area contributed by atoms with Crippen LogP contribution in [0.5, 0.6) is 11.5 Å². The van der Waals surface area contributed by atoms with Crippen LogP contribution in [0.2, 0.25) is 5.02 Å². The fourth-order valence-corrected chi connectivity index (χ4v) is 1.89. The quantitative estimate of drug-likeness (QED) is 0.792. The monoisotopic (exact) mass is 295 g/mol. The summed E-state index contributed by atoms with van der Waals surface area (Å²) in [5, 5.41) is 3.46. The van der Waals surface area contributed by atoms with Gasteiger partial charge in [0.15, 0.2) is 0 Å². The molecule has 0 amide bonds. The number of nitrogens with one attached hydrogen (secondary N) is 1. The Bertz CT molecular complexity index is 615. The molecular weight excluding hydrogens is 282 g/mol. The summed E-state index contributed by atoms with van der Waals surface area (Å²) in [7, 11) is 3.07. The van der Waals surface area contributed by atoms with E-state index in [1.807, 2.05) is 0 Å². The summed E-state index contributed by atoms with van der Waals surface area (Å²) in [6, 6.07) is 4.88. The van der Waals surface area contributed by atoms with Gasteiger partial charge in [-0.05, 0) is 6.07 Å². The minimum Gasteiger partial charge on any atom is -0.495 e. The van der Waals surface area contributed by atoms with Gasteiger partial charge in [-0.25, -0.2) is 0 Å². The van der Waals surface area contributed by atoms with Gasteiger partial charge in [0, 0.05) is 12.1 Å². The molecule has 0 aliphatic heterocycles. The maximum atomic E-state index is 6.08. The van der Waals surface area contributed by atoms with Crippen molar-refractivity contribution in [3.8, 4) is 11.5 Å². The Hall–Kier alpha value is -2.41. The molecule has 0 saturated heterocycles. The number of ether oxygens (including phenoxy) is 2. The molecule has 1 heterocycles. The molecule has 2 aromatic rings. The second-order valence-electron chi connectivity index (χ2n) is 3.85. The molecule has 0 unspecified atom stereocenters. The molecule has 0 radical (unpaired) electrons. The largest absolute Gasteiger partial charge is 0.495 e. The van der Waals surface area contributed by atoms with E-state index in [-0.39, 0.29) is 11.8 Å². The average molecular weight is 296 g/mol. The topological polar surface area (TPSA) is 108 Å². The molecule has 20 heavy (non-hydrogen) atoms. The van der Waals surface area contributed by atoms with Crippen LogP contribution in [0, 0.1) is 0 Å². The summed E-state index contributed by atoms with van der Waals surface area (Å²) in [5.41, 5.74) is 11.8. The highest BCUT2D eigenvalue weighted by molar-refractivity contribution is 6.32. The van der Waals surface area contributed by atoms with Crippen LogP contribution in [0.25, 0.3) is 0 Å². The number of nitrogens with zero attached hydrogens (tertiary/aromatic N) is 2. The molecule has 1 aromatic carbocycles. The summed E-state index contributed by atoms with van der Waals surface area (Å²) in [6.07, 6.45) is 0. The van der Waals surface area contributed by atoms with Crippen LogP contribution in [0.4, 0.5) is 23.3 Å². The van der Waals surface area contributed by atoms with Gasteiger partial charge in [0.2, 0.25) is 5.95 Å². The average Bonchev–Trinajstić information content (AvgIpc) is 2.38. The van der Waals surface area contributed by atoms with Gasteiger partial charge >= 0.3 is 0 Å². The number of hydrogen-bond donors (Lipinski definition) is 3. The van der Waals surface area contributed by atoms with Crippen LogP contribution >= 0.6 is 11.6 Å². The number of aromatic nitrogens is 2. The minimum atomic E-state index is 0.0751. The molecule has 8 heteroatoms. The van der Waals surface area contributed by atoms with E-state index >= 15 is 0 Å². The number of nitrogens with two attached hydrogens (primary N) is 2. The summed E-state index contributed by atoms with van der Waals surface area (Å²) in [4.78, 5) is 7.81. The first-order chi connectivity index (χ1) is 9.53. The lowest BCUT2D eigenvalue weighted by Crippen LogP contribution is -2.04. The number of halogens is 1. The fraction of sp³-hybridized carbons (Fsp3) is 0.167. The van der Waals surface area contributed by atoms with E-state index in [1.54, 1.807) is 18.2 Å². The molecule has 0 fully saturated rings. The van der Waals surface area contributed by atoms with Gasteiger partial charge in [-0.3, -0.25) is 0 Å². The highest BCUT2D eigenvalue weighted by atomic mass is 35.5. The predicted molar refractivity (Wildman–Crippen MR) is 78.7 cm³/mol. The molecular formula is C12H14ClN5O2. The van der Waals surface area contributed by atoms with Crippen molar-refractivity contribution in [3.63, 3.8) is 0 Å². The Balaban J connectivity index is 2.39. The Kier molecular flexibility index (Phi) is 3.99. The van der Waals surface area contributed by atoms with Gasteiger partial charge in [0.1, 0.15) is 23.1 Å². The summed E-state index contributed by atoms with van der Waals surface area (Å²) < 4.78 is 10.4. The number of hydrogen-bond acceptors (Lipinski definition) is 7. The van der Waals surface area contributed by atoms with Crippen LogP contribution in [-0.4, -0.2) is 24.2 Å². The fourth-order valence-electron chi connectivity index (χ4n) is 1.65. The molecule has 5 N–H and O–H groups in total. The lowest BCUT2D eigenvalue weighted by Gasteiger charge is -2.13. The second kappa shape index (κ2) is 5.70. The second-order valence-corrected chi connectivity index (χ2v) is 4.26. The van der Waals surface area contributed by atoms with Crippen LogP contribution in [0.15, 0.2) is 18.2 Å². The third-order valence-electron chi connectivity index (χ3n) is 2.50. The zero-order chi connectivity index (χ0) is 14.7. The summed E-state index contributed by atoms with van der Waals surface area (Å²) >= 11 is 6.08. The lowest BCUT2D eigenvalue weighted by atomic mass is 10.2. The molecule has 106 valence electrons. The Labute approximate surface area is 120 Å². The lowest BCUT2D eigenvalue weighted by molar-refractivity contribution is 0.396. The smallest absolute Gasteiger partial charge is 0.223 e. The standard InChI is InChI=1S/C12H14ClN5O2/c1-19-8-4-9(20-2)7(3-6(8)13)16-11-5-10(14)17-12(15)18-11/h3-5H,1-2H3,(H5,14,15,16,17,18).